The van der Waals surface area contributed by atoms with Gasteiger partial charge in [0.25, 0.3) is 0 Å². The van der Waals surface area contributed by atoms with Gasteiger partial charge in [-0.2, -0.15) is 0 Å². The van der Waals surface area contributed by atoms with Gasteiger partial charge in [-0.25, -0.2) is 4.79 Å². The summed E-state index contributed by atoms with van der Waals surface area (Å²) >= 11 is 0. The third-order valence-electron chi connectivity index (χ3n) is 4.63. The van der Waals surface area contributed by atoms with Crippen LogP contribution in [0.2, 0.25) is 0 Å². The summed E-state index contributed by atoms with van der Waals surface area (Å²) in [5.74, 6) is -0.871. The zero-order chi connectivity index (χ0) is 15.1. The largest absolute Gasteiger partial charge is 0.478 e. The van der Waals surface area contributed by atoms with Crippen LogP contribution in [-0.4, -0.2) is 28.7 Å². The number of aromatic carboxylic acids is 1. The summed E-state index contributed by atoms with van der Waals surface area (Å²) in [6.07, 6.45) is 2.15. The summed E-state index contributed by atoms with van der Waals surface area (Å²) in [6.45, 7) is 2.02. The van der Waals surface area contributed by atoms with E-state index in [0.717, 1.165) is 36.8 Å². The van der Waals surface area contributed by atoms with E-state index >= 15 is 0 Å². The molecule has 0 spiro atoms. The van der Waals surface area contributed by atoms with Crippen LogP contribution < -0.4 is 5.32 Å². The Balaban J connectivity index is 2.04. The predicted octanol–water partition coefficient (Wildman–Crippen LogP) is 3.42. The molecule has 4 rings (SSSR count). The zero-order valence-corrected chi connectivity index (χ0v) is 12.2. The maximum absolute atomic E-state index is 11.3. The normalized spacial score (nSPS) is 16.4. The molecule has 2 aromatic carbocycles. The molecule has 1 aliphatic heterocycles. The lowest BCUT2D eigenvalue weighted by atomic mass is 10.1. The Bertz CT molecular complexity index is 860. The number of nitrogens with zero attached hydrogens (tertiary/aromatic N) is 1. The summed E-state index contributed by atoms with van der Waals surface area (Å²) in [4.78, 5) is 11.3. The Labute approximate surface area is 128 Å². The number of aromatic nitrogens is 1. The van der Waals surface area contributed by atoms with Gasteiger partial charge in [0.05, 0.1) is 11.1 Å². The molecule has 0 aliphatic carbocycles. The molecule has 1 aromatic heterocycles. The highest BCUT2D eigenvalue weighted by atomic mass is 16.4. The van der Waals surface area contributed by atoms with Crippen LogP contribution in [0.1, 0.15) is 29.2 Å². The first-order chi connectivity index (χ1) is 10.8. The first kappa shape index (κ1) is 13.3. The highest BCUT2D eigenvalue weighted by molar-refractivity contribution is 6.09. The zero-order valence-electron chi connectivity index (χ0n) is 12.2. The number of hydrogen-bond donors (Lipinski definition) is 2. The maximum atomic E-state index is 11.3. The summed E-state index contributed by atoms with van der Waals surface area (Å²) in [7, 11) is 0. The lowest BCUT2D eigenvalue weighted by Gasteiger charge is -2.26. The van der Waals surface area contributed by atoms with Crippen molar-refractivity contribution in [1.29, 1.82) is 0 Å². The van der Waals surface area contributed by atoms with Crippen LogP contribution in [0, 0.1) is 0 Å². The molecule has 2 N–H and O–H groups in total. The van der Waals surface area contributed by atoms with Gasteiger partial charge < -0.3 is 15.0 Å². The van der Waals surface area contributed by atoms with E-state index in [4.69, 9.17) is 0 Å². The minimum absolute atomic E-state index is 0.352. The first-order valence-electron chi connectivity index (χ1n) is 7.72. The average Bonchev–Trinajstić information content (AvgIpc) is 2.89. The van der Waals surface area contributed by atoms with Crippen LogP contribution in [0.3, 0.4) is 0 Å². The Morgan fingerprint density at radius 2 is 1.77 bits per heavy atom. The standard InChI is InChI=1S/C18H18N2O2/c21-18(22)12-5-6-15-14-3-1-2-4-16(14)20(17(15)11-12)13-7-9-19-10-8-13/h1-6,11,13,19H,7-10H2,(H,21,22). The van der Waals surface area contributed by atoms with Crippen molar-refractivity contribution in [3.63, 3.8) is 0 Å². The number of nitrogens with one attached hydrogen (secondary N) is 1. The highest BCUT2D eigenvalue weighted by Gasteiger charge is 2.21. The molecule has 0 unspecified atom stereocenters. The second kappa shape index (κ2) is 5.14. The number of para-hydroxylation sites is 1. The lowest BCUT2D eigenvalue weighted by molar-refractivity contribution is 0.0697. The van der Waals surface area contributed by atoms with Crippen LogP contribution in [-0.2, 0) is 0 Å². The molecule has 3 aromatic rings. The van der Waals surface area contributed by atoms with Gasteiger partial charge in [0.1, 0.15) is 0 Å². The Morgan fingerprint density at radius 1 is 1.05 bits per heavy atom. The second-order valence-corrected chi connectivity index (χ2v) is 5.91. The third kappa shape index (κ3) is 1.99. The van der Waals surface area contributed by atoms with Gasteiger partial charge in [0.15, 0.2) is 0 Å². The number of fused-ring (bicyclic) bond motifs is 3. The lowest BCUT2D eigenvalue weighted by Crippen LogP contribution is -2.29. The van der Waals surface area contributed by atoms with E-state index in [1.165, 1.54) is 10.9 Å². The summed E-state index contributed by atoms with van der Waals surface area (Å²) < 4.78 is 2.35. The van der Waals surface area contributed by atoms with Gasteiger partial charge >= 0.3 is 5.97 Å². The van der Waals surface area contributed by atoms with Crippen molar-refractivity contribution in [3.05, 3.63) is 48.0 Å². The summed E-state index contributed by atoms with van der Waals surface area (Å²) in [5.41, 5.74) is 2.59. The SMILES string of the molecule is O=C(O)c1ccc2c3ccccc3n(C3CCNCC3)c2c1. The fourth-order valence-electron chi connectivity index (χ4n) is 3.59. The van der Waals surface area contributed by atoms with Gasteiger partial charge in [-0.05, 0) is 44.1 Å². The van der Waals surface area contributed by atoms with Crippen molar-refractivity contribution >= 4 is 27.8 Å². The van der Waals surface area contributed by atoms with E-state index in [9.17, 15) is 9.90 Å². The number of carboxylic acids is 1. The van der Waals surface area contributed by atoms with Crippen molar-refractivity contribution in [2.45, 2.75) is 18.9 Å². The molecule has 1 fully saturated rings. The second-order valence-electron chi connectivity index (χ2n) is 5.91. The topological polar surface area (TPSA) is 54.3 Å². The third-order valence-corrected chi connectivity index (χ3v) is 4.63. The van der Waals surface area contributed by atoms with E-state index in [2.05, 4.69) is 28.1 Å². The van der Waals surface area contributed by atoms with Gasteiger partial charge in [0.2, 0.25) is 0 Å². The Morgan fingerprint density at radius 3 is 2.55 bits per heavy atom. The molecule has 4 heteroatoms. The fraction of sp³-hybridized carbons (Fsp3) is 0.278. The molecule has 1 saturated heterocycles. The Kier molecular flexibility index (Phi) is 3.12. The van der Waals surface area contributed by atoms with Crippen molar-refractivity contribution < 1.29 is 9.90 Å². The fourth-order valence-corrected chi connectivity index (χ4v) is 3.59. The molecule has 0 saturated carbocycles. The molecule has 4 nitrogen and oxygen atoms in total. The smallest absolute Gasteiger partial charge is 0.335 e. The van der Waals surface area contributed by atoms with E-state index in [-0.39, 0.29) is 0 Å². The molecule has 2 heterocycles. The van der Waals surface area contributed by atoms with Crippen LogP contribution in [0.25, 0.3) is 21.8 Å². The van der Waals surface area contributed by atoms with Crippen LogP contribution in [0.15, 0.2) is 42.5 Å². The van der Waals surface area contributed by atoms with Crippen molar-refractivity contribution in [3.8, 4) is 0 Å². The van der Waals surface area contributed by atoms with Crippen molar-refractivity contribution in [2.24, 2.45) is 0 Å². The van der Waals surface area contributed by atoms with Crippen molar-refractivity contribution in [1.82, 2.24) is 9.88 Å². The molecule has 0 radical (unpaired) electrons. The molecule has 22 heavy (non-hydrogen) atoms. The number of piperidine rings is 1. The minimum atomic E-state index is -0.871. The molecule has 112 valence electrons. The number of benzene rings is 2. The van der Waals surface area contributed by atoms with Crippen LogP contribution in [0.5, 0.6) is 0 Å². The minimum Gasteiger partial charge on any atom is -0.478 e. The number of carbonyl (C=O) groups is 1. The maximum Gasteiger partial charge on any atom is 0.335 e. The summed E-state index contributed by atoms with van der Waals surface area (Å²) in [5, 5.41) is 15.0. The molecular formula is C18H18N2O2. The molecule has 0 atom stereocenters. The molecule has 1 aliphatic rings. The van der Waals surface area contributed by atoms with Gasteiger partial charge in [-0.3, -0.25) is 0 Å². The van der Waals surface area contributed by atoms with Gasteiger partial charge in [-0.15, -0.1) is 0 Å². The molecular weight excluding hydrogens is 276 g/mol. The first-order valence-corrected chi connectivity index (χ1v) is 7.72. The van der Waals surface area contributed by atoms with Gasteiger partial charge in [-0.1, -0.05) is 24.3 Å². The predicted molar refractivity (Wildman–Crippen MR) is 87.5 cm³/mol. The van der Waals surface area contributed by atoms with E-state index in [1.54, 1.807) is 6.07 Å². The number of rotatable bonds is 2. The van der Waals surface area contributed by atoms with E-state index in [0.29, 0.717) is 11.6 Å². The number of carboxylic acid groups (broad SMARTS) is 1. The van der Waals surface area contributed by atoms with Crippen LogP contribution >= 0.6 is 0 Å². The molecule has 0 amide bonds. The Hall–Kier alpha value is -2.33. The monoisotopic (exact) mass is 294 g/mol. The van der Waals surface area contributed by atoms with Crippen molar-refractivity contribution in [2.75, 3.05) is 13.1 Å². The van der Waals surface area contributed by atoms with E-state index in [1.807, 2.05) is 18.2 Å². The quantitative estimate of drug-likeness (QED) is 0.761. The van der Waals surface area contributed by atoms with E-state index < -0.39 is 5.97 Å². The average molecular weight is 294 g/mol. The van der Waals surface area contributed by atoms with Crippen LogP contribution in [0.4, 0.5) is 0 Å². The number of hydrogen-bond acceptors (Lipinski definition) is 2. The summed E-state index contributed by atoms with van der Waals surface area (Å²) in [6, 6.07) is 14.2. The highest BCUT2D eigenvalue weighted by Crippen LogP contribution is 2.35. The molecule has 0 bridgehead atoms. The van der Waals surface area contributed by atoms with Gasteiger partial charge in [0, 0.05) is 22.3 Å².